The van der Waals surface area contributed by atoms with Crippen molar-refractivity contribution in [2.75, 3.05) is 26.3 Å². The summed E-state index contributed by atoms with van der Waals surface area (Å²) in [6.45, 7) is 9.06. The van der Waals surface area contributed by atoms with Crippen LogP contribution in [-0.2, 0) is 14.3 Å². The number of hydrogen-bond donors (Lipinski definition) is 0. The average Bonchev–Trinajstić information content (AvgIpc) is 3.09. The maximum Gasteiger partial charge on any atom is 0.222 e. The molecule has 4 nitrogen and oxygen atoms in total. The van der Waals surface area contributed by atoms with Gasteiger partial charge in [0.2, 0.25) is 5.91 Å². The highest BCUT2D eigenvalue weighted by Crippen LogP contribution is 2.31. The summed E-state index contributed by atoms with van der Waals surface area (Å²) in [5.74, 6) is 0.218. The van der Waals surface area contributed by atoms with E-state index in [1.807, 2.05) is 11.8 Å². The third-order valence-electron chi connectivity index (χ3n) is 3.14. The van der Waals surface area contributed by atoms with Crippen molar-refractivity contribution >= 4 is 5.91 Å². The first kappa shape index (κ1) is 11.9. The van der Waals surface area contributed by atoms with Crippen molar-refractivity contribution in [2.45, 2.75) is 44.8 Å². The fourth-order valence-electron chi connectivity index (χ4n) is 1.84. The first-order valence-corrected chi connectivity index (χ1v) is 6.02. The van der Waals surface area contributed by atoms with Gasteiger partial charge in [0.15, 0.2) is 0 Å². The standard InChI is InChI=1S/C12H21NO3/c1-4-5-10(14)13(6-11(2)8-15-11)7-12(3)9-16-12/h4-9H2,1-3H3. The van der Waals surface area contributed by atoms with Gasteiger partial charge >= 0.3 is 0 Å². The van der Waals surface area contributed by atoms with E-state index in [4.69, 9.17) is 9.47 Å². The fraction of sp³-hybridized carbons (Fsp3) is 0.917. The number of ether oxygens (including phenoxy) is 2. The van der Waals surface area contributed by atoms with Gasteiger partial charge in [0.05, 0.1) is 26.3 Å². The van der Waals surface area contributed by atoms with E-state index >= 15 is 0 Å². The van der Waals surface area contributed by atoms with Crippen LogP contribution in [0.3, 0.4) is 0 Å². The second-order valence-corrected chi connectivity index (χ2v) is 5.48. The van der Waals surface area contributed by atoms with Gasteiger partial charge in [-0.05, 0) is 20.3 Å². The molecule has 2 rings (SSSR count). The molecule has 0 bridgehead atoms. The Kier molecular flexibility index (Phi) is 2.97. The van der Waals surface area contributed by atoms with E-state index in [-0.39, 0.29) is 17.1 Å². The zero-order chi connectivity index (χ0) is 11.8. The van der Waals surface area contributed by atoms with E-state index in [0.29, 0.717) is 19.5 Å². The summed E-state index contributed by atoms with van der Waals surface area (Å²) >= 11 is 0. The minimum absolute atomic E-state index is 0.103. The maximum absolute atomic E-state index is 12.0. The van der Waals surface area contributed by atoms with Crippen LogP contribution in [-0.4, -0.2) is 48.3 Å². The van der Waals surface area contributed by atoms with Gasteiger partial charge < -0.3 is 14.4 Å². The number of carbonyl (C=O) groups excluding carboxylic acids is 1. The summed E-state index contributed by atoms with van der Waals surface area (Å²) in [4.78, 5) is 13.9. The Morgan fingerprint density at radius 3 is 1.94 bits per heavy atom. The normalized spacial score (nSPS) is 35.9. The van der Waals surface area contributed by atoms with Crippen LogP contribution in [0.5, 0.6) is 0 Å². The monoisotopic (exact) mass is 227 g/mol. The van der Waals surface area contributed by atoms with Crippen molar-refractivity contribution in [3.05, 3.63) is 0 Å². The van der Waals surface area contributed by atoms with E-state index in [9.17, 15) is 4.79 Å². The van der Waals surface area contributed by atoms with Gasteiger partial charge in [0.1, 0.15) is 11.2 Å². The van der Waals surface area contributed by atoms with E-state index in [0.717, 1.165) is 19.6 Å². The molecule has 0 N–H and O–H groups in total. The molecule has 2 fully saturated rings. The van der Waals surface area contributed by atoms with Gasteiger partial charge in [-0.1, -0.05) is 6.92 Å². The molecule has 92 valence electrons. The summed E-state index contributed by atoms with van der Waals surface area (Å²) < 4.78 is 10.7. The molecule has 0 aromatic rings. The molecule has 0 spiro atoms. The molecule has 2 unspecified atom stereocenters. The zero-order valence-electron chi connectivity index (χ0n) is 10.4. The molecule has 0 radical (unpaired) electrons. The Morgan fingerprint density at radius 2 is 1.62 bits per heavy atom. The minimum Gasteiger partial charge on any atom is -0.368 e. The molecule has 2 heterocycles. The first-order valence-electron chi connectivity index (χ1n) is 6.02. The van der Waals surface area contributed by atoms with E-state index in [2.05, 4.69) is 13.8 Å². The summed E-state index contributed by atoms with van der Waals surface area (Å²) in [7, 11) is 0. The molecule has 2 aliphatic rings. The fourth-order valence-corrected chi connectivity index (χ4v) is 1.84. The minimum atomic E-state index is -0.103. The van der Waals surface area contributed by atoms with Crippen molar-refractivity contribution in [3.63, 3.8) is 0 Å². The van der Waals surface area contributed by atoms with Gasteiger partial charge in [0.25, 0.3) is 0 Å². The molecule has 4 heteroatoms. The molecule has 0 aromatic heterocycles. The van der Waals surface area contributed by atoms with Crippen LogP contribution in [0.4, 0.5) is 0 Å². The van der Waals surface area contributed by atoms with Gasteiger partial charge in [-0.25, -0.2) is 0 Å². The summed E-state index contributed by atoms with van der Waals surface area (Å²) in [5.41, 5.74) is -0.205. The first-order chi connectivity index (χ1) is 7.46. The van der Waals surface area contributed by atoms with Gasteiger partial charge in [0, 0.05) is 6.42 Å². The molecule has 2 saturated heterocycles. The predicted octanol–water partition coefficient (Wildman–Crippen LogP) is 1.19. The van der Waals surface area contributed by atoms with Crippen LogP contribution in [0.25, 0.3) is 0 Å². The number of amides is 1. The summed E-state index contributed by atoms with van der Waals surface area (Å²) in [6.07, 6.45) is 1.51. The molecule has 2 atom stereocenters. The summed E-state index contributed by atoms with van der Waals surface area (Å²) in [6, 6.07) is 0. The van der Waals surface area contributed by atoms with Crippen LogP contribution in [0.2, 0.25) is 0 Å². The smallest absolute Gasteiger partial charge is 0.222 e. The number of rotatable bonds is 6. The predicted molar refractivity (Wildman–Crippen MR) is 60.2 cm³/mol. The Bertz CT molecular complexity index is 262. The maximum atomic E-state index is 12.0. The molecular weight excluding hydrogens is 206 g/mol. The van der Waals surface area contributed by atoms with Crippen molar-refractivity contribution < 1.29 is 14.3 Å². The summed E-state index contributed by atoms with van der Waals surface area (Å²) in [5, 5.41) is 0. The lowest BCUT2D eigenvalue weighted by molar-refractivity contribution is -0.132. The lowest BCUT2D eigenvalue weighted by Crippen LogP contribution is -2.43. The highest BCUT2D eigenvalue weighted by molar-refractivity contribution is 5.76. The second-order valence-electron chi connectivity index (χ2n) is 5.48. The van der Waals surface area contributed by atoms with Crippen molar-refractivity contribution in [3.8, 4) is 0 Å². The number of carbonyl (C=O) groups is 1. The Balaban J connectivity index is 1.91. The lowest BCUT2D eigenvalue weighted by Gasteiger charge is -2.26. The SMILES string of the molecule is CCCC(=O)N(CC1(C)CO1)CC1(C)CO1. The van der Waals surface area contributed by atoms with Crippen LogP contribution < -0.4 is 0 Å². The highest BCUT2D eigenvalue weighted by Gasteiger charge is 2.46. The largest absolute Gasteiger partial charge is 0.368 e. The van der Waals surface area contributed by atoms with E-state index in [1.165, 1.54) is 0 Å². The third kappa shape index (κ3) is 2.95. The zero-order valence-corrected chi connectivity index (χ0v) is 10.4. The molecule has 16 heavy (non-hydrogen) atoms. The lowest BCUT2D eigenvalue weighted by atomic mass is 10.1. The molecular formula is C12H21NO3. The Morgan fingerprint density at radius 1 is 1.19 bits per heavy atom. The highest BCUT2D eigenvalue weighted by atomic mass is 16.6. The average molecular weight is 227 g/mol. The van der Waals surface area contributed by atoms with Gasteiger partial charge in [-0.15, -0.1) is 0 Å². The van der Waals surface area contributed by atoms with Crippen LogP contribution in [0.15, 0.2) is 0 Å². The quantitative estimate of drug-likeness (QED) is 0.640. The molecule has 0 aromatic carbocycles. The van der Waals surface area contributed by atoms with E-state index in [1.54, 1.807) is 0 Å². The van der Waals surface area contributed by atoms with Crippen LogP contribution >= 0.6 is 0 Å². The van der Waals surface area contributed by atoms with E-state index < -0.39 is 0 Å². The topological polar surface area (TPSA) is 45.4 Å². The van der Waals surface area contributed by atoms with Gasteiger partial charge in [-0.3, -0.25) is 4.79 Å². The van der Waals surface area contributed by atoms with Gasteiger partial charge in [-0.2, -0.15) is 0 Å². The van der Waals surface area contributed by atoms with Crippen LogP contribution in [0, 0.1) is 0 Å². The number of hydrogen-bond acceptors (Lipinski definition) is 3. The Labute approximate surface area is 96.9 Å². The van der Waals surface area contributed by atoms with Crippen molar-refractivity contribution in [1.29, 1.82) is 0 Å². The van der Waals surface area contributed by atoms with Crippen LogP contribution in [0.1, 0.15) is 33.6 Å². The second kappa shape index (κ2) is 4.00. The third-order valence-corrected chi connectivity index (χ3v) is 3.14. The molecule has 0 saturated carbocycles. The Hall–Kier alpha value is -0.610. The number of nitrogens with zero attached hydrogens (tertiary/aromatic N) is 1. The van der Waals surface area contributed by atoms with Crippen molar-refractivity contribution in [2.24, 2.45) is 0 Å². The van der Waals surface area contributed by atoms with Crippen molar-refractivity contribution in [1.82, 2.24) is 4.90 Å². The molecule has 0 aliphatic carbocycles. The number of epoxide rings is 2. The molecule has 1 amide bonds. The molecule has 2 aliphatic heterocycles.